The van der Waals surface area contributed by atoms with E-state index in [4.69, 9.17) is 0 Å². The zero-order chi connectivity index (χ0) is 27.4. The number of nitrogens with zero attached hydrogens (tertiary/aromatic N) is 2. The van der Waals surface area contributed by atoms with Crippen molar-refractivity contribution in [1.29, 1.82) is 0 Å². The minimum Gasteiger partial charge on any atom is -0.393 e. The molecule has 5 rings (SSSR count). The van der Waals surface area contributed by atoms with E-state index in [2.05, 4.69) is 20.5 Å². The normalized spacial score (nSPS) is 13.7. The second-order valence-electron chi connectivity index (χ2n) is 9.87. The highest BCUT2D eigenvalue weighted by Gasteiger charge is 2.18. The van der Waals surface area contributed by atoms with E-state index in [0.29, 0.717) is 16.9 Å². The second-order valence-corrected chi connectivity index (χ2v) is 9.87. The molecule has 8 nitrogen and oxygen atoms in total. The summed E-state index contributed by atoms with van der Waals surface area (Å²) in [6.45, 7) is 3.62. The number of amides is 2. The molecule has 1 aliphatic heterocycles. The van der Waals surface area contributed by atoms with Crippen molar-refractivity contribution in [3.05, 3.63) is 102 Å². The van der Waals surface area contributed by atoms with Gasteiger partial charge in [0, 0.05) is 60.3 Å². The summed E-state index contributed by atoms with van der Waals surface area (Å²) < 4.78 is 0. The molecule has 1 saturated heterocycles. The predicted molar refractivity (Wildman–Crippen MR) is 156 cm³/mol. The monoisotopic (exact) mass is 523 g/mol. The van der Waals surface area contributed by atoms with Crippen molar-refractivity contribution in [2.75, 3.05) is 40.6 Å². The van der Waals surface area contributed by atoms with Crippen LogP contribution in [0.5, 0.6) is 0 Å². The molecule has 4 N–H and O–H groups in total. The molecule has 0 saturated carbocycles. The highest BCUT2D eigenvalue weighted by molar-refractivity contribution is 6.05. The lowest BCUT2D eigenvalue weighted by Gasteiger charge is -2.31. The molecule has 8 heteroatoms. The smallest absolute Gasteiger partial charge is 0.274 e. The van der Waals surface area contributed by atoms with E-state index in [9.17, 15) is 14.7 Å². The van der Waals surface area contributed by atoms with Gasteiger partial charge in [0.1, 0.15) is 5.69 Å². The molecular formula is C31H33N5O3. The molecule has 2 heterocycles. The molecule has 2 amide bonds. The Hall–Kier alpha value is -4.56. The van der Waals surface area contributed by atoms with Crippen molar-refractivity contribution in [3.8, 4) is 0 Å². The second kappa shape index (κ2) is 11.4. The summed E-state index contributed by atoms with van der Waals surface area (Å²) in [6, 6.07) is 24.5. The maximum absolute atomic E-state index is 12.8. The average molecular weight is 524 g/mol. The highest BCUT2D eigenvalue weighted by Crippen LogP contribution is 2.27. The molecule has 0 unspecified atom stereocenters. The van der Waals surface area contributed by atoms with E-state index in [1.165, 1.54) is 0 Å². The number of nitrogens with one attached hydrogen (secondary N) is 3. The molecule has 0 aliphatic carbocycles. The maximum atomic E-state index is 12.8. The Morgan fingerprint density at radius 1 is 0.923 bits per heavy atom. The number of aliphatic hydroxyl groups excluding tert-OH is 1. The van der Waals surface area contributed by atoms with Crippen molar-refractivity contribution in [1.82, 2.24) is 4.98 Å². The van der Waals surface area contributed by atoms with Gasteiger partial charge in [-0.1, -0.05) is 0 Å². The molecule has 0 bridgehead atoms. The molecular weight excluding hydrogens is 490 g/mol. The number of benzene rings is 3. The lowest BCUT2D eigenvalue weighted by Crippen LogP contribution is -2.35. The van der Waals surface area contributed by atoms with Crippen LogP contribution in [0.15, 0.2) is 85.1 Å². The minimum absolute atomic E-state index is 0.0971. The molecule has 1 fully saturated rings. The standard InChI is InChI=1S/C31H33N5O3/c1-21-20-25(11-14-29(21)35(2)31(39)28-4-3-17-32-28)33-23-7-9-24(10-8-23)34-30(38)22-5-12-26(13-6-22)36-18-15-27(37)16-19-36/h3-14,17,20,27,32-33,37H,15-16,18-19H2,1-2H3,(H,34,38). The van der Waals surface area contributed by atoms with Gasteiger partial charge in [0.2, 0.25) is 0 Å². The van der Waals surface area contributed by atoms with Crippen LogP contribution in [0, 0.1) is 6.92 Å². The molecule has 200 valence electrons. The Bertz CT molecular complexity index is 1420. The van der Waals surface area contributed by atoms with E-state index in [1.807, 2.05) is 73.7 Å². The SMILES string of the molecule is Cc1cc(Nc2ccc(NC(=O)c3ccc(N4CCC(O)CC4)cc3)cc2)ccc1N(C)C(=O)c1ccc[nH]1. The van der Waals surface area contributed by atoms with Gasteiger partial charge in [-0.3, -0.25) is 9.59 Å². The van der Waals surface area contributed by atoms with Crippen LogP contribution in [0.2, 0.25) is 0 Å². The zero-order valence-corrected chi connectivity index (χ0v) is 22.1. The fourth-order valence-corrected chi connectivity index (χ4v) is 4.82. The first-order chi connectivity index (χ1) is 18.9. The van der Waals surface area contributed by atoms with Crippen LogP contribution in [0.4, 0.5) is 28.4 Å². The number of rotatable bonds is 7. The van der Waals surface area contributed by atoms with E-state index in [-0.39, 0.29) is 17.9 Å². The first-order valence-corrected chi connectivity index (χ1v) is 13.1. The van der Waals surface area contributed by atoms with Crippen LogP contribution >= 0.6 is 0 Å². The first kappa shape index (κ1) is 26.1. The summed E-state index contributed by atoms with van der Waals surface area (Å²) in [5, 5.41) is 16.0. The van der Waals surface area contributed by atoms with Crippen LogP contribution in [-0.2, 0) is 0 Å². The fourth-order valence-electron chi connectivity index (χ4n) is 4.82. The topological polar surface area (TPSA) is 101 Å². The summed E-state index contributed by atoms with van der Waals surface area (Å²) in [5.74, 6) is -0.263. The van der Waals surface area contributed by atoms with Crippen molar-refractivity contribution < 1.29 is 14.7 Å². The molecule has 1 aromatic heterocycles. The quantitative estimate of drug-likeness (QED) is 0.254. The van der Waals surface area contributed by atoms with Gasteiger partial charge in [0.15, 0.2) is 0 Å². The van der Waals surface area contributed by atoms with Gasteiger partial charge < -0.3 is 30.5 Å². The Labute approximate surface area is 228 Å². The molecule has 0 spiro atoms. The minimum atomic E-state index is -0.211. The number of aromatic nitrogens is 1. The van der Waals surface area contributed by atoms with Crippen LogP contribution in [0.1, 0.15) is 39.3 Å². The number of carbonyl (C=O) groups excluding carboxylic acids is 2. The molecule has 0 radical (unpaired) electrons. The summed E-state index contributed by atoms with van der Waals surface area (Å²) >= 11 is 0. The van der Waals surface area contributed by atoms with Crippen LogP contribution < -0.4 is 20.4 Å². The first-order valence-electron chi connectivity index (χ1n) is 13.1. The van der Waals surface area contributed by atoms with Gasteiger partial charge in [-0.2, -0.15) is 0 Å². The van der Waals surface area contributed by atoms with Crippen LogP contribution in [-0.4, -0.2) is 48.1 Å². The van der Waals surface area contributed by atoms with Crippen LogP contribution in [0.3, 0.4) is 0 Å². The number of aromatic amines is 1. The third-order valence-corrected chi connectivity index (χ3v) is 7.08. The third-order valence-electron chi connectivity index (χ3n) is 7.08. The number of hydrogen-bond acceptors (Lipinski definition) is 5. The largest absolute Gasteiger partial charge is 0.393 e. The Kier molecular flexibility index (Phi) is 7.65. The molecule has 3 aromatic carbocycles. The fraction of sp³-hybridized carbons (Fsp3) is 0.226. The molecule has 4 aromatic rings. The van der Waals surface area contributed by atoms with E-state index in [1.54, 1.807) is 30.3 Å². The van der Waals surface area contributed by atoms with Crippen molar-refractivity contribution in [2.24, 2.45) is 0 Å². The lowest BCUT2D eigenvalue weighted by atomic mass is 10.1. The number of piperidine rings is 1. The number of hydrogen-bond donors (Lipinski definition) is 4. The van der Waals surface area contributed by atoms with Gasteiger partial charge in [-0.15, -0.1) is 0 Å². The maximum Gasteiger partial charge on any atom is 0.274 e. The van der Waals surface area contributed by atoms with Gasteiger partial charge in [0.05, 0.1) is 6.10 Å². The van der Waals surface area contributed by atoms with E-state index in [0.717, 1.165) is 54.2 Å². The van der Waals surface area contributed by atoms with Gasteiger partial charge >= 0.3 is 0 Å². The Morgan fingerprint density at radius 2 is 1.59 bits per heavy atom. The van der Waals surface area contributed by atoms with Crippen molar-refractivity contribution in [2.45, 2.75) is 25.9 Å². The summed E-state index contributed by atoms with van der Waals surface area (Å²) in [5.41, 5.74) is 6.49. The Balaban J connectivity index is 1.17. The Morgan fingerprint density at radius 3 is 2.23 bits per heavy atom. The van der Waals surface area contributed by atoms with Crippen LogP contribution in [0.25, 0.3) is 0 Å². The molecule has 0 atom stereocenters. The summed E-state index contributed by atoms with van der Waals surface area (Å²) in [7, 11) is 1.76. The average Bonchev–Trinajstić information content (AvgIpc) is 3.49. The zero-order valence-electron chi connectivity index (χ0n) is 22.1. The number of H-pyrrole nitrogens is 1. The van der Waals surface area contributed by atoms with Crippen molar-refractivity contribution >= 4 is 40.3 Å². The van der Waals surface area contributed by atoms with E-state index < -0.39 is 0 Å². The number of aliphatic hydroxyl groups is 1. The lowest BCUT2D eigenvalue weighted by molar-refractivity contribution is 0.0987. The third kappa shape index (κ3) is 6.13. The molecule has 39 heavy (non-hydrogen) atoms. The summed E-state index contributed by atoms with van der Waals surface area (Å²) in [4.78, 5) is 32.2. The number of carbonyl (C=O) groups is 2. The number of anilines is 5. The van der Waals surface area contributed by atoms with Crippen molar-refractivity contribution in [3.63, 3.8) is 0 Å². The van der Waals surface area contributed by atoms with Gasteiger partial charge in [-0.25, -0.2) is 0 Å². The summed E-state index contributed by atoms with van der Waals surface area (Å²) in [6.07, 6.45) is 3.06. The van der Waals surface area contributed by atoms with Gasteiger partial charge in [-0.05, 0) is 104 Å². The molecule has 1 aliphatic rings. The van der Waals surface area contributed by atoms with E-state index >= 15 is 0 Å². The highest BCUT2D eigenvalue weighted by atomic mass is 16.3. The number of aryl methyl sites for hydroxylation is 1. The van der Waals surface area contributed by atoms with Gasteiger partial charge in [0.25, 0.3) is 11.8 Å². The predicted octanol–water partition coefficient (Wildman–Crippen LogP) is 5.56.